The van der Waals surface area contributed by atoms with Crippen LogP contribution < -0.4 is 10.2 Å². The number of fused-ring (bicyclic) bond motifs is 1. The minimum atomic E-state index is 0.761. The Bertz CT molecular complexity index is 485. The molecule has 4 nitrogen and oxygen atoms in total. The summed E-state index contributed by atoms with van der Waals surface area (Å²) in [5.74, 6) is 0. The highest BCUT2D eigenvalue weighted by atomic mass is 15.3. The Kier molecular flexibility index (Phi) is 3.82. The molecule has 114 valence electrons. The second-order valence-corrected chi connectivity index (χ2v) is 6.79. The lowest BCUT2D eigenvalue weighted by atomic mass is 9.99. The summed E-state index contributed by atoms with van der Waals surface area (Å²) in [5.41, 5.74) is 2.78. The third kappa shape index (κ3) is 3.06. The van der Waals surface area contributed by atoms with Crippen LogP contribution >= 0.6 is 0 Å². The molecule has 1 aromatic heterocycles. The third-order valence-electron chi connectivity index (χ3n) is 5.22. The van der Waals surface area contributed by atoms with Gasteiger partial charge in [-0.05, 0) is 43.9 Å². The van der Waals surface area contributed by atoms with Crippen molar-refractivity contribution < 1.29 is 0 Å². The Morgan fingerprint density at radius 3 is 3.00 bits per heavy atom. The fourth-order valence-electron chi connectivity index (χ4n) is 3.77. The van der Waals surface area contributed by atoms with Gasteiger partial charge in [-0.1, -0.05) is 6.42 Å². The van der Waals surface area contributed by atoms with Crippen molar-refractivity contribution in [3.8, 4) is 0 Å². The summed E-state index contributed by atoms with van der Waals surface area (Å²) in [6.07, 6.45) is 10.9. The van der Waals surface area contributed by atoms with Crippen molar-refractivity contribution in [1.82, 2.24) is 15.2 Å². The van der Waals surface area contributed by atoms with Gasteiger partial charge in [0, 0.05) is 44.5 Å². The van der Waals surface area contributed by atoms with Gasteiger partial charge in [0.1, 0.15) is 0 Å². The SMILES string of the molecule is c1cc(CNC2CC2)c(N2CCN3CCCCC3C2)cn1. The van der Waals surface area contributed by atoms with E-state index in [9.17, 15) is 0 Å². The lowest BCUT2D eigenvalue weighted by Crippen LogP contribution is -2.55. The number of hydrogen-bond donors (Lipinski definition) is 1. The van der Waals surface area contributed by atoms with Crippen LogP contribution in [0.15, 0.2) is 18.5 Å². The van der Waals surface area contributed by atoms with E-state index in [1.165, 1.54) is 63.0 Å². The van der Waals surface area contributed by atoms with Crippen molar-refractivity contribution in [3.05, 3.63) is 24.0 Å². The highest BCUT2D eigenvalue weighted by molar-refractivity contribution is 5.52. The van der Waals surface area contributed by atoms with Gasteiger partial charge >= 0.3 is 0 Å². The summed E-state index contributed by atoms with van der Waals surface area (Å²) in [4.78, 5) is 9.65. The largest absolute Gasteiger partial charge is 0.367 e. The molecule has 0 spiro atoms. The number of nitrogens with one attached hydrogen (secondary N) is 1. The molecule has 3 heterocycles. The van der Waals surface area contributed by atoms with Gasteiger partial charge in [-0.25, -0.2) is 0 Å². The molecule has 1 aliphatic carbocycles. The van der Waals surface area contributed by atoms with E-state index < -0.39 is 0 Å². The van der Waals surface area contributed by atoms with E-state index in [-0.39, 0.29) is 0 Å². The molecule has 1 atom stereocenters. The molecule has 0 aromatic carbocycles. The molecule has 2 aliphatic heterocycles. The van der Waals surface area contributed by atoms with E-state index in [2.05, 4.69) is 32.4 Å². The summed E-state index contributed by atoms with van der Waals surface area (Å²) in [6, 6.07) is 3.72. The average Bonchev–Trinajstić information content (AvgIpc) is 3.37. The van der Waals surface area contributed by atoms with Gasteiger partial charge in [0.25, 0.3) is 0 Å². The van der Waals surface area contributed by atoms with Crippen molar-refractivity contribution in [3.63, 3.8) is 0 Å². The molecule has 4 heteroatoms. The van der Waals surface area contributed by atoms with E-state index in [0.717, 1.165) is 25.2 Å². The maximum Gasteiger partial charge on any atom is 0.0599 e. The number of hydrogen-bond acceptors (Lipinski definition) is 4. The predicted octanol–water partition coefficient (Wildman–Crippen LogP) is 2.01. The molecule has 0 radical (unpaired) electrons. The molecule has 1 N–H and O–H groups in total. The van der Waals surface area contributed by atoms with E-state index >= 15 is 0 Å². The molecular weight excluding hydrogens is 260 g/mol. The molecule has 1 aromatic rings. The quantitative estimate of drug-likeness (QED) is 0.917. The fourth-order valence-corrected chi connectivity index (χ4v) is 3.77. The number of pyridine rings is 1. The van der Waals surface area contributed by atoms with Crippen LogP contribution in [0.3, 0.4) is 0 Å². The van der Waals surface area contributed by atoms with Crippen LogP contribution in [-0.4, -0.2) is 48.1 Å². The molecule has 3 aliphatic rings. The van der Waals surface area contributed by atoms with Gasteiger partial charge in [0.05, 0.1) is 11.9 Å². The van der Waals surface area contributed by atoms with Crippen LogP contribution in [0.1, 0.15) is 37.7 Å². The minimum absolute atomic E-state index is 0.761. The number of piperidine rings is 1. The van der Waals surface area contributed by atoms with Gasteiger partial charge in [0.2, 0.25) is 0 Å². The topological polar surface area (TPSA) is 31.4 Å². The molecule has 1 unspecified atom stereocenters. The summed E-state index contributed by atoms with van der Waals surface area (Å²) in [5, 5.41) is 3.64. The smallest absolute Gasteiger partial charge is 0.0599 e. The Morgan fingerprint density at radius 2 is 2.10 bits per heavy atom. The van der Waals surface area contributed by atoms with Gasteiger partial charge in [-0.15, -0.1) is 0 Å². The lowest BCUT2D eigenvalue weighted by molar-refractivity contribution is 0.133. The summed E-state index contributed by atoms with van der Waals surface area (Å²) in [6.45, 7) is 5.85. The van der Waals surface area contributed by atoms with Gasteiger partial charge in [0.15, 0.2) is 0 Å². The first-order valence-corrected chi connectivity index (χ1v) is 8.55. The van der Waals surface area contributed by atoms with Crippen LogP contribution in [0.4, 0.5) is 5.69 Å². The maximum atomic E-state index is 4.38. The molecule has 0 bridgehead atoms. The second kappa shape index (κ2) is 5.93. The second-order valence-electron chi connectivity index (χ2n) is 6.79. The van der Waals surface area contributed by atoms with E-state index in [0.29, 0.717) is 0 Å². The number of anilines is 1. The highest BCUT2D eigenvalue weighted by Gasteiger charge is 2.30. The molecule has 0 amide bonds. The molecule has 21 heavy (non-hydrogen) atoms. The first-order valence-electron chi connectivity index (χ1n) is 8.55. The molecular formula is C17H26N4. The van der Waals surface area contributed by atoms with Gasteiger partial charge < -0.3 is 10.2 Å². The Morgan fingerprint density at radius 1 is 1.14 bits per heavy atom. The van der Waals surface area contributed by atoms with E-state index in [1.807, 2.05) is 6.20 Å². The van der Waals surface area contributed by atoms with Crippen molar-refractivity contribution in [2.24, 2.45) is 0 Å². The molecule has 2 saturated heterocycles. The van der Waals surface area contributed by atoms with E-state index in [4.69, 9.17) is 0 Å². The zero-order valence-corrected chi connectivity index (χ0v) is 12.8. The highest BCUT2D eigenvalue weighted by Crippen LogP contribution is 2.27. The minimum Gasteiger partial charge on any atom is -0.367 e. The molecule has 1 saturated carbocycles. The van der Waals surface area contributed by atoms with Crippen LogP contribution in [0.2, 0.25) is 0 Å². The van der Waals surface area contributed by atoms with Gasteiger partial charge in [-0.2, -0.15) is 0 Å². The first-order chi connectivity index (χ1) is 10.4. The standard InChI is InChI=1S/C17H26N4/c1-2-8-20-9-10-21(13-16(20)3-1)17-12-18-7-6-14(17)11-19-15-4-5-15/h6-7,12,15-16,19H,1-5,8-11,13H2. The van der Waals surface area contributed by atoms with Crippen LogP contribution in [0.5, 0.6) is 0 Å². The van der Waals surface area contributed by atoms with Crippen LogP contribution in [0.25, 0.3) is 0 Å². The number of aromatic nitrogens is 1. The van der Waals surface area contributed by atoms with Gasteiger partial charge in [-0.3, -0.25) is 9.88 Å². The zero-order valence-electron chi connectivity index (χ0n) is 12.8. The van der Waals surface area contributed by atoms with Crippen molar-refractivity contribution in [2.75, 3.05) is 31.1 Å². The zero-order chi connectivity index (χ0) is 14.1. The average molecular weight is 286 g/mol. The van der Waals surface area contributed by atoms with Crippen molar-refractivity contribution in [1.29, 1.82) is 0 Å². The Labute approximate surface area is 127 Å². The number of nitrogens with zero attached hydrogens (tertiary/aromatic N) is 3. The van der Waals surface area contributed by atoms with Crippen LogP contribution in [0, 0.1) is 0 Å². The van der Waals surface area contributed by atoms with Crippen molar-refractivity contribution in [2.45, 2.75) is 50.7 Å². The number of piperazine rings is 1. The monoisotopic (exact) mass is 286 g/mol. The first kappa shape index (κ1) is 13.5. The third-order valence-corrected chi connectivity index (χ3v) is 5.22. The normalized spacial score (nSPS) is 26.7. The van der Waals surface area contributed by atoms with E-state index in [1.54, 1.807) is 0 Å². The molecule has 3 fully saturated rings. The van der Waals surface area contributed by atoms with Crippen molar-refractivity contribution >= 4 is 5.69 Å². The summed E-state index contributed by atoms with van der Waals surface area (Å²) >= 11 is 0. The number of rotatable bonds is 4. The Hall–Kier alpha value is -1.13. The summed E-state index contributed by atoms with van der Waals surface area (Å²) < 4.78 is 0. The fraction of sp³-hybridized carbons (Fsp3) is 0.706. The molecule has 4 rings (SSSR count). The van der Waals surface area contributed by atoms with Crippen LogP contribution in [-0.2, 0) is 6.54 Å². The summed E-state index contributed by atoms with van der Waals surface area (Å²) in [7, 11) is 0. The lowest BCUT2D eigenvalue weighted by Gasteiger charge is -2.45. The Balaban J connectivity index is 1.47. The predicted molar refractivity (Wildman–Crippen MR) is 85.5 cm³/mol. The maximum absolute atomic E-state index is 4.38.